The Balaban J connectivity index is 1.57. The molecular formula is C27H33ClN4O4. The Bertz CT molecular complexity index is 1100. The summed E-state index contributed by atoms with van der Waals surface area (Å²) < 4.78 is 10.8. The van der Waals surface area contributed by atoms with Crippen molar-refractivity contribution in [3.05, 3.63) is 64.7 Å². The van der Waals surface area contributed by atoms with E-state index in [0.717, 1.165) is 35.7 Å². The van der Waals surface area contributed by atoms with Gasteiger partial charge in [-0.1, -0.05) is 48.9 Å². The maximum Gasteiger partial charge on any atom is 0.262 e. The quantitative estimate of drug-likeness (QED) is 0.513. The number of hydrazone groups is 1. The zero-order chi connectivity index (χ0) is 25.5. The molecule has 4 rings (SSSR count). The molecule has 0 radical (unpaired) electrons. The Morgan fingerprint density at radius 3 is 2.67 bits per heavy atom. The lowest BCUT2D eigenvalue weighted by molar-refractivity contribution is -0.141. The van der Waals surface area contributed by atoms with E-state index in [0.29, 0.717) is 44.2 Å². The van der Waals surface area contributed by atoms with Crippen molar-refractivity contribution < 1.29 is 19.1 Å². The van der Waals surface area contributed by atoms with Gasteiger partial charge in [0.15, 0.2) is 0 Å². The van der Waals surface area contributed by atoms with Gasteiger partial charge in [-0.15, -0.1) is 0 Å². The van der Waals surface area contributed by atoms with Crippen LogP contribution >= 0.6 is 11.6 Å². The van der Waals surface area contributed by atoms with Gasteiger partial charge < -0.3 is 14.4 Å². The van der Waals surface area contributed by atoms with Crippen LogP contribution in [0.25, 0.3) is 0 Å². The minimum absolute atomic E-state index is 0.0349. The fourth-order valence-electron chi connectivity index (χ4n) is 4.54. The fraction of sp³-hybridized carbons (Fsp3) is 0.444. The van der Waals surface area contributed by atoms with Crippen LogP contribution in [-0.4, -0.2) is 85.4 Å². The standard InChI is InChI=1S/C27H33ClN4O4/c1-3-26(33)31(12-11-30-13-15-36-16-14-30)19-27(34)32-25(22-9-4-5-10-23(22)28)18-24(29-32)20-7-6-8-21(17-20)35-2/h4-10,17,25H,3,11-16,18-19H2,1-2H3. The highest BCUT2D eigenvalue weighted by Gasteiger charge is 2.35. The molecule has 0 bridgehead atoms. The van der Waals surface area contributed by atoms with Crippen LogP contribution in [0.2, 0.25) is 5.02 Å². The summed E-state index contributed by atoms with van der Waals surface area (Å²) in [7, 11) is 1.62. The molecule has 0 saturated carbocycles. The summed E-state index contributed by atoms with van der Waals surface area (Å²) in [6.07, 6.45) is 0.848. The van der Waals surface area contributed by atoms with Crippen molar-refractivity contribution >= 4 is 29.1 Å². The first kappa shape index (κ1) is 26.1. The molecule has 1 atom stereocenters. The number of ether oxygens (including phenoxy) is 2. The first-order valence-electron chi connectivity index (χ1n) is 12.4. The van der Waals surface area contributed by atoms with Crippen LogP contribution < -0.4 is 4.74 Å². The van der Waals surface area contributed by atoms with E-state index < -0.39 is 0 Å². The monoisotopic (exact) mass is 512 g/mol. The molecule has 1 saturated heterocycles. The van der Waals surface area contributed by atoms with Crippen molar-refractivity contribution in [1.29, 1.82) is 0 Å². The van der Waals surface area contributed by atoms with E-state index in [1.807, 2.05) is 55.5 Å². The SMILES string of the molecule is CCC(=O)N(CCN1CCOCC1)CC(=O)N1N=C(c2cccc(OC)c2)CC1c1ccccc1Cl. The lowest BCUT2D eigenvalue weighted by Gasteiger charge is -2.31. The van der Waals surface area contributed by atoms with Crippen molar-refractivity contribution in [3.63, 3.8) is 0 Å². The molecule has 2 aliphatic heterocycles. The summed E-state index contributed by atoms with van der Waals surface area (Å²) in [4.78, 5) is 30.3. The Morgan fingerprint density at radius 2 is 1.94 bits per heavy atom. The third-order valence-corrected chi connectivity index (χ3v) is 6.95. The number of carbonyl (C=O) groups is 2. The molecule has 0 aliphatic carbocycles. The Kier molecular flexibility index (Phi) is 8.96. The van der Waals surface area contributed by atoms with E-state index in [1.165, 1.54) is 5.01 Å². The van der Waals surface area contributed by atoms with E-state index in [9.17, 15) is 9.59 Å². The lowest BCUT2D eigenvalue weighted by Crippen LogP contribution is -2.46. The molecule has 2 amide bonds. The maximum absolute atomic E-state index is 13.6. The van der Waals surface area contributed by atoms with Gasteiger partial charge in [0.25, 0.3) is 5.91 Å². The largest absolute Gasteiger partial charge is 0.497 e. The molecule has 1 unspecified atom stereocenters. The average Bonchev–Trinajstić information content (AvgIpc) is 3.37. The summed E-state index contributed by atoms with van der Waals surface area (Å²) in [6, 6.07) is 14.8. The molecule has 2 aromatic rings. The smallest absolute Gasteiger partial charge is 0.262 e. The molecule has 192 valence electrons. The zero-order valence-corrected chi connectivity index (χ0v) is 21.6. The van der Waals surface area contributed by atoms with Gasteiger partial charge in [-0.25, -0.2) is 5.01 Å². The molecule has 0 aromatic heterocycles. The van der Waals surface area contributed by atoms with Crippen LogP contribution in [0.4, 0.5) is 0 Å². The third-order valence-electron chi connectivity index (χ3n) is 6.60. The molecule has 2 heterocycles. The number of hydrogen-bond donors (Lipinski definition) is 0. The van der Waals surface area contributed by atoms with Gasteiger partial charge >= 0.3 is 0 Å². The first-order valence-corrected chi connectivity index (χ1v) is 12.7. The van der Waals surface area contributed by atoms with Crippen LogP contribution in [0.1, 0.15) is 36.9 Å². The number of hydrogen-bond acceptors (Lipinski definition) is 6. The topological polar surface area (TPSA) is 74.7 Å². The predicted molar refractivity (Wildman–Crippen MR) is 139 cm³/mol. The van der Waals surface area contributed by atoms with Crippen LogP contribution in [0, 0.1) is 0 Å². The Hall–Kier alpha value is -2.94. The van der Waals surface area contributed by atoms with Crippen LogP contribution in [0.5, 0.6) is 5.75 Å². The second-order valence-electron chi connectivity index (χ2n) is 8.88. The third kappa shape index (κ3) is 6.24. The van der Waals surface area contributed by atoms with E-state index >= 15 is 0 Å². The summed E-state index contributed by atoms with van der Waals surface area (Å²) >= 11 is 6.54. The number of benzene rings is 2. The molecular weight excluding hydrogens is 480 g/mol. The Morgan fingerprint density at radius 1 is 1.17 bits per heavy atom. The minimum atomic E-state index is -0.356. The highest BCUT2D eigenvalue weighted by molar-refractivity contribution is 6.31. The second kappa shape index (κ2) is 12.3. The highest BCUT2D eigenvalue weighted by atomic mass is 35.5. The van der Waals surface area contributed by atoms with Crippen LogP contribution in [0.15, 0.2) is 53.6 Å². The van der Waals surface area contributed by atoms with Crippen molar-refractivity contribution in [2.75, 3.05) is 53.0 Å². The minimum Gasteiger partial charge on any atom is -0.497 e. The molecule has 2 aliphatic rings. The molecule has 0 spiro atoms. The summed E-state index contributed by atoms with van der Waals surface area (Å²) in [5.41, 5.74) is 2.49. The van der Waals surface area contributed by atoms with Gasteiger partial charge in [-0.2, -0.15) is 5.10 Å². The van der Waals surface area contributed by atoms with Gasteiger partial charge in [0.05, 0.1) is 32.1 Å². The zero-order valence-electron chi connectivity index (χ0n) is 20.9. The Labute approximate surface area is 217 Å². The van der Waals surface area contributed by atoms with Gasteiger partial charge in [-0.3, -0.25) is 14.5 Å². The van der Waals surface area contributed by atoms with Crippen molar-refractivity contribution in [3.8, 4) is 5.75 Å². The molecule has 2 aromatic carbocycles. The van der Waals surface area contributed by atoms with Gasteiger partial charge in [0, 0.05) is 49.6 Å². The van der Waals surface area contributed by atoms with Crippen LogP contribution in [0.3, 0.4) is 0 Å². The number of amides is 2. The molecule has 9 heteroatoms. The van der Waals surface area contributed by atoms with E-state index in [1.54, 1.807) is 12.0 Å². The summed E-state index contributed by atoms with van der Waals surface area (Å²) in [6.45, 7) is 6.01. The average molecular weight is 513 g/mol. The number of halogens is 1. The first-order chi connectivity index (χ1) is 17.5. The number of morpholine rings is 1. The van der Waals surface area contributed by atoms with Crippen molar-refractivity contribution in [2.24, 2.45) is 5.10 Å². The van der Waals surface area contributed by atoms with Crippen molar-refractivity contribution in [2.45, 2.75) is 25.8 Å². The van der Waals surface area contributed by atoms with Gasteiger partial charge in [0.2, 0.25) is 5.91 Å². The van der Waals surface area contributed by atoms with Crippen molar-refractivity contribution in [1.82, 2.24) is 14.8 Å². The number of carbonyl (C=O) groups excluding carboxylic acids is 2. The summed E-state index contributed by atoms with van der Waals surface area (Å²) in [5.74, 6) is 0.431. The van der Waals surface area contributed by atoms with E-state index in [4.69, 9.17) is 26.2 Å². The molecule has 8 nitrogen and oxygen atoms in total. The maximum atomic E-state index is 13.6. The normalized spacial score (nSPS) is 18.1. The van der Waals surface area contributed by atoms with E-state index in [2.05, 4.69) is 4.90 Å². The lowest BCUT2D eigenvalue weighted by atomic mass is 9.98. The fourth-order valence-corrected chi connectivity index (χ4v) is 4.80. The predicted octanol–water partition coefficient (Wildman–Crippen LogP) is 3.60. The molecule has 36 heavy (non-hydrogen) atoms. The number of methoxy groups -OCH3 is 1. The van der Waals surface area contributed by atoms with Gasteiger partial charge in [0.1, 0.15) is 12.3 Å². The molecule has 0 N–H and O–H groups in total. The molecule has 1 fully saturated rings. The second-order valence-corrected chi connectivity index (χ2v) is 9.29. The van der Waals surface area contributed by atoms with E-state index in [-0.39, 0.29) is 24.4 Å². The highest BCUT2D eigenvalue weighted by Crippen LogP contribution is 2.36. The van der Waals surface area contributed by atoms with Crippen LogP contribution in [-0.2, 0) is 14.3 Å². The van der Waals surface area contributed by atoms with Gasteiger partial charge in [-0.05, 0) is 23.8 Å². The number of nitrogens with zero attached hydrogens (tertiary/aromatic N) is 4. The summed E-state index contributed by atoms with van der Waals surface area (Å²) in [5, 5.41) is 6.82. The number of rotatable bonds is 9.